The Bertz CT molecular complexity index is 474. The lowest BCUT2D eigenvalue weighted by molar-refractivity contribution is 0.161. The smallest absolute Gasteiger partial charge is 0.123 e. The SMILES string of the molecule is C/C=C1/CC2CC1C1c3ccccc3OC21. The van der Waals surface area contributed by atoms with E-state index in [9.17, 15) is 0 Å². The van der Waals surface area contributed by atoms with Gasteiger partial charge in [0, 0.05) is 17.4 Å². The van der Waals surface area contributed by atoms with Gasteiger partial charge in [0.15, 0.2) is 0 Å². The van der Waals surface area contributed by atoms with Gasteiger partial charge in [-0.3, -0.25) is 0 Å². The molecule has 16 heavy (non-hydrogen) atoms. The van der Waals surface area contributed by atoms with Gasteiger partial charge in [-0.15, -0.1) is 0 Å². The van der Waals surface area contributed by atoms with Gasteiger partial charge in [-0.2, -0.15) is 0 Å². The van der Waals surface area contributed by atoms with Crippen molar-refractivity contribution < 1.29 is 4.74 Å². The lowest BCUT2D eigenvalue weighted by Gasteiger charge is -2.25. The molecule has 4 unspecified atom stereocenters. The number of para-hydroxylation sites is 1. The van der Waals surface area contributed by atoms with Gasteiger partial charge >= 0.3 is 0 Å². The van der Waals surface area contributed by atoms with Gasteiger partial charge in [0.25, 0.3) is 0 Å². The van der Waals surface area contributed by atoms with Gasteiger partial charge in [-0.25, -0.2) is 0 Å². The first-order chi connectivity index (χ1) is 7.88. The minimum absolute atomic E-state index is 0.478. The van der Waals surface area contributed by atoms with Crippen molar-refractivity contribution >= 4 is 0 Å². The lowest BCUT2D eigenvalue weighted by atomic mass is 9.80. The van der Waals surface area contributed by atoms with Crippen LogP contribution in [0.15, 0.2) is 35.9 Å². The first-order valence-corrected chi connectivity index (χ1v) is 6.29. The average molecular weight is 212 g/mol. The third-order valence-corrected chi connectivity index (χ3v) is 4.69. The topological polar surface area (TPSA) is 9.23 Å². The summed E-state index contributed by atoms with van der Waals surface area (Å²) in [7, 11) is 0. The fourth-order valence-corrected chi connectivity index (χ4v) is 4.07. The Kier molecular flexibility index (Phi) is 1.61. The number of rotatable bonds is 0. The normalized spacial score (nSPS) is 40.9. The monoisotopic (exact) mass is 212 g/mol. The summed E-state index contributed by atoms with van der Waals surface area (Å²) in [6, 6.07) is 8.61. The molecule has 2 aliphatic carbocycles. The number of ether oxygens (including phenoxy) is 1. The molecule has 3 aliphatic rings. The molecule has 0 saturated heterocycles. The highest BCUT2D eigenvalue weighted by atomic mass is 16.5. The zero-order chi connectivity index (χ0) is 10.7. The molecule has 0 amide bonds. The molecule has 82 valence electrons. The molecule has 1 aromatic rings. The summed E-state index contributed by atoms with van der Waals surface area (Å²) in [6.45, 7) is 2.19. The van der Waals surface area contributed by atoms with Gasteiger partial charge in [0.1, 0.15) is 11.9 Å². The predicted octanol–water partition coefficient (Wildman–Crippen LogP) is 3.52. The molecule has 4 rings (SSSR count). The van der Waals surface area contributed by atoms with E-state index in [1.54, 1.807) is 5.57 Å². The summed E-state index contributed by atoms with van der Waals surface area (Å²) in [5, 5.41) is 0. The van der Waals surface area contributed by atoms with E-state index in [1.165, 1.54) is 18.4 Å². The molecule has 0 aromatic heterocycles. The fraction of sp³-hybridized carbons (Fsp3) is 0.467. The van der Waals surface area contributed by atoms with Gasteiger partial charge in [0.05, 0.1) is 0 Å². The molecule has 0 radical (unpaired) electrons. The van der Waals surface area contributed by atoms with Crippen molar-refractivity contribution in [2.24, 2.45) is 11.8 Å². The van der Waals surface area contributed by atoms with E-state index in [-0.39, 0.29) is 0 Å². The molecule has 2 saturated carbocycles. The average Bonchev–Trinajstić information content (AvgIpc) is 2.97. The number of hydrogen-bond acceptors (Lipinski definition) is 1. The van der Waals surface area contributed by atoms with E-state index < -0.39 is 0 Å². The van der Waals surface area contributed by atoms with Crippen LogP contribution < -0.4 is 4.74 Å². The second-order valence-electron chi connectivity index (χ2n) is 5.32. The van der Waals surface area contributed by atoms with Crippen molar-refractivity contribution in [1.29, 1.82) is 0 Å². The van der Waals surface area contributed by atoms with Crippen molar-refractivity contribution in [1.82, 2.24) is 0 Å². The van der Waals surface area contributed by atoms with Crippen LogP contribution in [0.3, 0.4) is 0 Å². The largest absolute Gasteiger partial charge is 0.489 e. The first-order valence-electron chi connectivity index (χ1n) is 6.29. The van der Waals surface area contributed by atoms with E-state index in [0.29, 0.717) is 12.0 Å². The number of hydrogen-bond donors (Lipinski definition) is 0. The number of benzene rings is 1. The molecule has 2 fully saturated rings. The summed E-state index contributed by atoms with van der Waals surface area (Å²) in [5.41, 5.74) is 3.13. The summed E-state index contributed by atoms with van der Waals surface area (Å²) >= 11 is 0. The molecular weight excluding hydrogens is 196 g/mol. The van der Waals surface area contributed by atoms with Crippen LogP contribution in [0.4, 0.5) is 0 Å². The molecule has 4 atom stereocenters. The zero-order valence-corrected chi connectivity index (χ0v) is 9.52. The summed E-state index contributed by atoms with van der Waals surface area (Å²) in [4.78, 5) is 0. The quantitative estimate of drug-likeness (QED) is 0.598. The van der Waals surface area contributed by atoms with Gasteiger partial charge in [-0.1, -0.05) is 29.8 Å². The highest BCUT2D eigenvalue weighted by molar-refractivity contribution is 5.46. The van der Waals surface area contributed by atoms with E-state index in [0.717, 1.165) is 17.6 Å². The molecule has 0 N–H and O–H groups in total. The maximum absolute atomic E-state index is 6.13. The van der Waals surface area contributed by atoms with Crippen molar-refractivity contribution in [2.75, 3.05) is 0 Å². The minimum atomic E-state index is 0.478. The highest BCUT2D eigenvalue weighted by Gasteiger charge is 2.55. The first kappa shape index (κ1) is 8.86. The minimum Gasteiger partial charge on any atom is -0.489 e. The molecule has 1 aliphatic heterocycles. The van der Waals surface area contributed by atoms with Crippen LogP contribution in [0.2, 0.25) is 0 Å². The van der Waals surface area contributed by atoms with Crippen LogP contribution in [-0.4, -0.2) is 6.10 Å². The van der Waals surface area contributed by atoms with Crippen molar-refractivity contribution in [2.45, 2.75) is 31.8 Å². The van der Waals surface area contributed by atoms with Crippen molar-refractivity contribution in [3.63, 3.8) is 0 Å². The highest BCUT2D eigenvalue weighted by Crippen LogP contribution is 2.61. The van der Waals surface area contributed by atoms with Gasteiger partial charge < -0.3 is 4.74 Å². The van der Waals surface area contributed by atoms with Crippen LogP contribution in [0, 0.1) is 11.8 Å². The van der Waals surface area contributed by atoms with Crippen LogP contribution in [0.25, 0.3) is 0 Å². The Hall–Kier alpha value is -1.24. The molecule has 1 nitrogen and oxygen atoms in total. The molecule has 1 heterocycles. The third-order valence-electron chi connectivity index (χ3n) is 4.69. The van der Waals surface area contributed by atoms with Gasteiger partial charge in [0.2, 0.25) is 0 Å². The Morgan fingerprint density at radius 1 is 1.31 bits per heavy atom. The molecule has 2 bridgehead atoms. The third kappa shape index (κ3) is 0.922. The standard InChI is InChI=1S/C15H16O/c1-2-9-7-10-8-12(9)14-11-5-3-4-6-13(11)16-15(10)14/h2-6,10,12,14-15H,7-8H2,1H3/b9-2-. The van der Waals surface area contributed by atoms with E-state index in [2.05, 4.69) is 37.3 Å². The summed E-state index contributed by atoms with van der Waals surface area (Å²) < 4.78 is 6.13. The second kappa shape index (κ2) is 2.91. The maximum Gasteiger partial charge on any atom is 0.123 e. The Balaban J connectivity index is 1.83. The Labute approximate surface area is 96.1 Å². The van der Waals surface area contributed by atoms with Crippen molar-refractivity contribution in [3.8, 4) is 5.75 Å². The van der Waals surface area contributed by atoms with Crippen LogP contribution in [-0.2, 0) is 0 Å². The van der Waals surface area contributed by atoms with Gasteiger partial charge in [-0.05, 0) is 31.7 Å². The molecule has 0 spiro atoms. The molecule has 1 heteroatoms. The summed E-state index contributed by atoms with van der Waals surface area (Å²) in [6.07, 6.45) is 5.44. The van der Waals surface area contributed by atoms with Crippen LogP contribution in [0.5, 0.6) is 5.75 Å². The van der Waals surface area contributed by atoms with Crippen LogP contribution in [0.1, 0.15) is 31.2 Å². The van der Waals surface area contributed by atoms with E-state index in [1.807, 2.05) is 0 Å². The Morgan fingerprint density at radius 3 is 3.06 bits per heavy atom. The van der Waals surface area contributed by atoms with Crippen LogP contribution >= 0.6 is 0 Å². The molecular formula is C15H16O. The van der Waals surface area contributed by atoms with E-state index >= 15 is 0 Å². The lowest BCUT2D eigenvalue weighted by Crippen LogP contribution is -2.26. The number of allylic oxidation sites excluding steroid dienone is 2. The Morgan fingerprint density at radius 2 is 2.19 bits per heavy atom. The molecule has 1 aromatic carbocycles. The summed E-state index contributed by atoms with van der Waals surface area (Å²) in [5.74, 6) is 3.34. The number of fused-ring (bicyclic) bond motifs is 7. The predicted molar refractivity (Wildman–Crippen MR) is 63.6 cm³/mol. The maximum atomic E-state index is 6.13. The fourth-order valence-electron chi connectivity index (χ4n) is 4.07. The van der Waals surface area contributed by atoms with E-state index in [4.69, 9.17) is 4.74 Å². The second-order valence-corrected chi connectivity index (χ2v) is 5.32. The van der Waals surface area contributed by atoms with Crippen molar-refractivity contribution in [3.05, 3.63) is 41.5 Å². The zero-order valence-electron chi connectivity index (χ0n) is 9.52.